The average Bonchev–Trinajstić information content (AvgIpc) is 2.94. The Morgan fingerprint density at radius 1 is 0.938 bits per heavy atom. The molecule has 9 nitrogen and oxygen atoms in total. The molecule has 0 bridgehead atoms. The van der Waals surface area contributed by atoms with Crippen LogP contribution < -0.4 is 9.33 Å². The van der Waals surface area contributed by atoms with Crippen LogP contribution in [-0.4, -0.2) is 74.7 Å². The van der Waals surface area contributed by atoms with Crippen molar-refractivity contribution in [1.29, 1.82) is 0 Å². The van der Waals surface area contributed by atoms with E-state index < -0.39 is 23.8 Å². The summed E-state index contributed by atoms with van der Waals surface area (Å²) in [5.74, 6) is 1.87. The highest BCUT2D eigenvalue weighted by molar-refractivity contribution is 7.90. The lowest BCUT2D eigenvalue weighted by atomic mass is 9.74. The summed E-state index contributed by atoms with van der Waals surface area (Å²) in [6.07, 6.45) is 2.12. The Bertz CT molecular complexity index is 1800. The minimum absolute atomic E-state index is 0.0535. The fourth-order valence-corrected chi connectivity index (χ4v) is 8.43. The fraction of sp³-hybridized carbons (Fsp3) is 0.595. The highest BCUT2D eigenvalue weighted by atomic mass is 32.2. The molecule has 1 aromatic heterocycles. The van der Waals surface area contributed by atoms with Crippen LogP contribution in [0, 0.1) is 5.92 Å². The van der Waals surface area contributed by atoms with E-state index in [1.165, 1.54) is 17.2 Å². The van der Waals surface area contributed by atoms with Gasteiger partial charge in [-0.2, -0.15) is 0 Å². The van der Waals surface area contributed by atoms with Crippen LogP contribution in [0.3, 0.4) is 0 Å². The van der Waals surface area contributed by atoms with Crippen molar-refractivity contribution in [2.75, 3.05) is 24.2 Å². The van der Waals surface area contributed by atoms with Gasteiger partial charge in [-0.15, -0.1) is 0 Å². The van der Waals surface area contributed by atoms with Crippen molar-refractivity contribution in [2.45, 2.75) is 122 Å². The van der Waals surface area contributed by atoms with E-state index in [4.69, 9.17) is 19.1 Å². The molecular formula is C37H54N4O5SSi. The van der Waals surface area contributed by atoms with Crippen LogP contribution in [-0.2, 0) is 27.4 Å². The van der Waals surface area contributed by atoms with Crippen LogP contribution >= 0.6 is 0 Å². The molecule has 2 aliphatic rings. The molecule has 1 aliphatic carbocycles. The van der Waals surface area contributed by atoms with Crippen LogP contribution in [0.25, 0.3) is 10.8 Å². The van der Waals surface area contributed by atoms with Gasteiger partial charge in [-0.3, -0.25) is 0 Å². The molecule has 0 spiro atoms. The molecule has 48 heavy (non-hydrogen) atoms. The second-order valence-corrected chi connectivity index (χ2v) is 23.2. The van der Waals surface area contributed by atoms with Gasteiger partial charge in [0.1, 0.15) is 17.2 Å². The molecule has 0 saturated carbocycles. The quantitative estimate of drug-likeness (QED) is 0.197. The zero-order chi connectivity index (χ0) is 35.6. The number of hydrogen-bond acceptors (Lipinski definition) is 8. The van der Waals surface area contributed by atoms with Crippen LogP contribution in [0.2, 0.25) is 18.1 Å². The predicted molar refractivity (Wildman–Crippen MR) is 195 cm³/mol. The number of sulfone groups is 1. The molecule has 5 rings (SSSR count). The predicted octanol–water partition coefficient (Wildman–Crippen LogP) is 7.77. The molecule has 0 N–H and O–H groups in total. The maximum Gasteiger partial charge on any atom is 0.410 e. The monoisotopic (exact) mass is 694 g/mol. The fourth-order valence-electron chi connectivity index (χ4n) is 6.88. The first kappa shape index (κ1) is 36.1. The summed E-state index contributed by atoms with van der Waals surface area (Å²) in [6, 6.07) is 12.6. The molecule has 0 radical (unpaired) electrons. The smallest absolute Gasteiger partial charge is 0.410 e. The van der Waals surface area contributed by atoms with Crippen LogP contribution in [0.5, 0.6) is 5.75 Å². The van der Waals surface area contributed by atoms with Crippen molar-refractivity contribution >= 4 is 40.8 Å². The summed E-state index contributed by atoms with van der Waals surface area (Å²) in [6.45, 7) is 24.1. The third kappa shape index (κ3) is 7.37. The van der Waals surface area contributed by atoms with Crippen LogP contribution in [0.15, 0.2) is 41.6 Å². The van der Waals surface area contributed by atoms with E-state index in [0.717, 1.165) is 22.4 Å². The van der Waals surface area contributed by atoms with Crippen LogP contribution in [0.4, 0.5) is 10.6 Å². The van der Waals surface area contributed by atoms with Gasteiger partial charge >= 0.3 is 6.09 Å². The number of amides is 1. The molecule has 3 aromatic rings. The third-order valence-corrected chi connectivity index (χ3v) is 15.5. The number of ether oxygens (including phenoxy) is 1. The highest BCUT2D eigenvalue weighted by Gasteiger charge is 2.41. The molecule has 1 aliphatic heterocycles. The largest absolute Gasteiger partial charge is 0.543 e. The third-order valence-electron chi connectivity index (χ3n) is 10.3. The van der Waals surface area contributed by atoms with Crippen molar-refractivity contribution in [3.63, 3.8) is 0 Å². The molecule has 2 heterocycles. The minimum Gasteiger partial charge on any atom is -0.543 e. The summed E-state index contributed by atoms with van der Waals surface area (Å²) < 4.78 is 38.5. The van der Waals surface area contributed by atoms with Crippen molar-refractivity contribution in [3.8, 4) is 5.75 Å². The second-order valence-electron chi connectivity index (χ2n) is 16.6. The number of aromatic nitrogens is 2. The number of carbonyl (C=O) groups is 1. The Balaban J connectivity index is 1.56. The lowest BCUT2D eigenvalue weighted by Crippen LogP contribution is -2.59. The first-order valence-electron chi connectivity index (χ1n) is 17.1. The molecule has 1 amide bonds. The van der Waals surface area contributed by atoms with Crippen molar-refractivity contribution in [3.05, 3.63) is 53.2 Å². The summed E-state index contributed by atoms with van der Waals surface area (Å²) in [5.41, 5.74) is 2.38. The highest BCUT2D eigenvalue weighted by Crippen LogP contribution is 2.45. The van der Waals surface area contributed by atoms with Gasteiger partial charge in [0, 0.05) is 37.0 Å². The summed E-state index contributed by atoms with van der Waals surface area (Å²) in [4.78, 5) is 26.4. The maximum absolute atomic E-state index is 13.0. The van der Waals surface area contributed by atoms with E-state index in [-0.39, 0.29) is 40.2 Å². The SMILES string of the molecule is CC1Cc2c(nc(S(C)(=O)=O)nc2N2[C@@H](C)CN(C(=O)OC(C)(C)C)C[C@@H]2C)CC1c1cc(O[Si](C)(C)C(C)(C)C)cc2ccccc12. The van der Waals surface area contributed by atoms with Crippen LogP contribution in [0.1, 0.15) is 85.1 Å². The van der Waals surface area contributed by atoms with E-state index in [1.54, 1.807) is 4.90 Å². The number of carbonyl (C=O) groups excluding carboxylic acids is 1. The van der Waals surface area contributed by atoms with Gasteiger partial charge in [0.05, 0.1) is 5.69 Å². The summed E-state index contributed by atoms with van der Waals surface area (Å²) in [7, 11) is -5.79. The van der Waals surface area contributed by atoms with Crippen molar-refractivity contribution in [2.24, 2.45) is 5.92 Å². The Labute approximate surface area is 288 Å². The number of benzene rings is 2. The number of piperazine rings is 1. The first-order chi connectivity index (χ1) is 22.1. The Hall–Kier alpha value is -3.18. The van der Waals surface area contributed by atoms with E-state index in [0.29, 0.717) is 31.7 Å². The number of hydrogen-bond donors (Lipinski definition) is 0. The lowest BCUT2D eigenvalue weighted by molar-refractivity contribution is 0.0192. The van der Waals surface area contributed by atoms with Gasteiger partial charge < -0.3 is 19.0 Å². The maximum atomic E-state index is 13.0. The molecule has 2 aromatic carbocycles. The zero-order valence-corrected chi connectivity index (χ0v) is 32.7. The van der Waals surface area contributed by atoms with E-state index in [1.807, 2.05) is 20.8 Å². The average molecular weight is 695 g/mol. The molecule has 262 valence electrons. The Kier molecular flexibility index (Phi) is 9.48. The minimum atomic E-state index is -3.70. The second kappa shape index (κ2) is 12.6. The van der Waals surface area contributed by atoms with E-state index in [2.05, 4.69) is 95.9 Å². The normalized spacial score (nSPS) is 22.4. The molecule has 11 heteroatoms. The number of nitrogens with zero attached hydrogens (tertiary/aromatic N) is 4. The summed E-state index contributed by atoms with van der Waals surface area (Å²) in [5, 5.41) is 2.21. The van der Waals surface area contributed by atoms with Gasteiger partial charge in [-0.05, 0) is 106 Å². The van der Waals surface area contributed by atoms with Gasteiger partial charge in [-0.25, -0.2) is 23.2 Å². The van der Waals surface area contributed by atoms with Gasteiger partial charge in [0.25, 0.3) is 0 Å². The van der Waals surface area contributed by atoms with Crippen molar-refractivity contribution < 1.29 is 22.4 Å². The molecule has 4 atom stereocenters. The van der Waals surface area contributed by atoms with Gasteiger partial charge in [0.2, 0.25) is 23.3 Å². The number of anilines is 1. The lowest BCUT2D eigenvalue weighted by Gasteiger charge is -2.46. The summed E-state index contributed by atoms with van der Waals surface area (Å²) >= 11 is 0. The molecular weight excluding hydrogens is 641 g/mol. The standard InChI is InChI=1S/C37H54N4O5SSi/c1-23-17-31-32(20-29(23)30-19-27(46-48(11,12)37(7,8)9)18-26-15-13-14-16-28(26)30)38-34(47(10,43)44)39-33(31)41-24(2)21-40(22-25(41)3)35(42)45-36(4,5)6/h13-16,18-19,23-25,29H,17,20-22H2,1-12H3/t23?,24-,25-,29?/m0/s1. The van der Waals surface area contributed by atoms with Crippen molar-refractivity contribution in [1.82, 2.24) is 14.9 Å². The van der Waals surface area contributed by atoms with E-state index >= 15 is 0 Å². The molecule has 1 fully saturated rings. The zero-order valence-electron chi connectivity index (χ0n) is 30.8. The first-order valence-corrected chi connectivity index (χ1v) is 21.9. The number of fused-ring (bicyclic) bond motifs is 2. The van der Waals surface area contributed by atoms with E-state index in [9.17, 15) is 13.2 Å². The molecule has 1 saturated heterocycles. The number of rotatable bonds is 5. The Morgan fingerprint density at radius 2 is 1.56 bits per heavy atom. The Morgan fingerprint density at radius 3 is 2.15 bits per heavy atom. The van der Waals surface area contributed by atoms with Gasteiger partial charge in [-0.1, -0.05) is 52.0 Å². The topological polar surface area (TPSA) is 102 Å². The van der Waals surface area contributed by atoms with Gasteiger partial charge in [0.15, 0.2) is 0 Å². The molecule has 2 unspecified atom stereocenters.